The maximum absolute atomic E-state index is 2.57. The molecule has 5 aliphatic carbocycles. The van der Waals surface area contributed by atoms with Gasteiger partial charge in [-0.1, -0.05) is 119 Å². The van der Waals surface area contributed by atoms with Crippen molar-refractivity contribution in [2.24, 2.45) is 17.8 Å². The summed E-state index contributed by atoms with van der Waals surface area (Å²) in [6.45, 7) is 9.43. The molecule has 5 aliphatic rings. The minimum absolute atomic E-state index is 0.0770. The highest BCUT2D eigenvalue weighted by Gasteiger charge is 2.51. The zero-order chi connectivity index (χ0) is 34.5. The Kier molecular flexibility index (Phi) is 6.99. The molecule has 4 saturated carbocycles. The van der Waals surface area contributed by atoms with Crippen LogP contribution in [0.15, 0.2) is 127 Å². The van der Waals surface area contributed by atoms with E-state index >= 15 is 0 Å². The van der Waals surface area contributed by atoms with Gasteiger partial charge in [0.25, 0.3) is 0 Å². The van der Waals surface area contributed by atoms with Crippen molar-refractivity contribution in [2.75, 3.05) is 4.90 Å². The summed E-state index contributed by atoms with van der Waals surface area (Å²) in [6.07, 6.45) is 8.61. The lowest BCUT2D eigenvalue weighted by Gasteiger charge is -2.57. The molecule has 0 unspecified atom stereocenters. The number of nitrogens with zero attached hydrogens (tertiary/aromatic N) is 1. The third-order valence-electron chi connectivity index (χ3n) is 13.6. The topological polar surface area (TPSA) is 3.24 Å². The van der Waals surface area contributed by atoms with Gasteiger partial charge in [-0.3, -0.25) is 0 Å². The Hall–Kier alpha value is -4.62. The first kappa shape index (κ1) is 31.1. The molecule has 254 valence electrons. The molecule has 1 nitrogen and oxygen atoms in total. The van der Waals surface area contributed by atoms with E-state index in [-0.39, 0.29) is 5.41 Å². The van der Waals surface area contributed by atoms with Crippen LogP contribution in [0.2, 0.25) is 0 Å². The molecule has 0 amide bonds. The molecule has 0 saturated heterocycles. The highest BCUT2D eigenvalue weighted by molar-refractivity contribution is 5.99. The number of hydrogen-bond donors (Lipinski definition) is 0. The van der Waals surface area contributed by atoms with Crippen molar-refractivity contribution < 1.29 is 0 Å². The van der Waals surface area contributed by atoms with Crippen molar-refractivity contribution in [1.29, 1.82) is 0 Å². The maximum Gasteiger partial charge on any atom is 0.0546 e. The van der Waals surface area contributed by atoms with Gasteiger partial charge in [-0.2, -0.15) is 0 Å². The summed E-state index contributed by atoms with van der Waals surface area (Å²) in [6, 6.07) is 49.0. The minimum Gasteiger partial charge on any atom is -0.310 e. The monoisotopic (exact) mass is 663 g/mol. The molecule has 0 radical (unpaired) electrons. The molecule has 1 heteroatoms. The first-order valence-corrected chi connectivity index (χ1v) is 19.5. The average Bonchev–Trinajstić information content (AvgIpc) is 3.37. The van der Waals surface area contributed by atoms with Crippen molar-refractivity contribution in [2.45, 2.75) is 83.0 Å². The van der Waals surface area contributed by atoms with Crippen LogP contribution in [0.4, 0.5) is 17.1 Å². The second-order valence-corrected chi connectivity index (χ2v) is 17.4. The third kappa shape index (κ3) is 4.87. The van der Waals surface area contributed by atoms with E-state index in [9.17, 15) is 0 Å². The predicted octanol–water partition coefficient (Wildman–Crippen LogP) is 13.9. The van der Waals surface area contributed by atoms with Gasteiger partial charge in [0, 0.05) is 22.4 Å². The molecule has 0 N–H and O–H groups in total. The predicted molar refractivity (Wildman–Crippen MR) is 216 cm³/mol. The lowest BCUT2D eigenvalue weighted by atomic mass is 9.48. The Morgan fingerprint density at radius 2 is 1.10 bits per heavy atom. The zero-order valence-electron chi connectivity index (χ0n) is 30.6. The second kappa shape index (κ2) is 11.4. The van der Waals surface area contributed by atoms with Crippen LogP contribution in [0, 0.1) is 17.8 Å². The maximum atomic E-state index is 2.57. The molecule has 6 aromatic carbocycles. The summed E-state index contributed by atoms with van der Waals surface area (Å²) in [5, 5.41) is 2.54. The van der Waals surface area contributed by atoms with Gasteiger partial charge in [0.05, 0.1) is 5.69 Å². The highest BCUT2D eigenvalue weighted by atomic mass is 15.1. The molecule has 0 aliphatic heterocycles. The van der Waals surface area contributed by atoms with E-state index in [4.69, 9.17) is 0 Å². The van der Waals surface area contributed by atoms with E-state index in [0.717, 1.165) is 17.8 Å². The summed E-state index contributed by atoms with van der Waals surface area (Å²) in [5.74, 6) is 3.22. The van der Waals surface area contributed by atoms with Gasteiger partial charge in [-0.05, 0) is 154 Å². The van der Waals surface area contributed by atoms with E-state index in [2.05, 4.69) is 160 Å². The fourth-order valence-electron chi connectivity index (χ4n) is 11.6. The van der Waals surface area contributed by atoms with Crippen LogP contribution in [-0.2, 0) is 10.8 Å². The van der Waals surface area contributed by atoms with Gasteiger partial charge in [0.1, 0.15) is 0 Å². The third-order valence-corrected chi connectivity index (χ3v) is 13.6. The first-order valence-electron chi connectivity index (χ1n) is 19.5. The summed E-state index contributed by atoms with van der Waals surface area (Å²) in [5.41, 5.74) is 15.1. The Labute approximate surface area is 304 Å². The van der Waals surface area contributed by atoms with Crippen molar-refractivity contribution in [1.82, 2.24) is 0 Å². The number of rotatable bonds is 6. The summed E-state index contributed by atoms with van der Waals surface area (Å²) in [4.78, 5) is 2.57. The molecule has 0 atom stereocenters. The molecular weight excluding hydrogens is 615 g/mol. The van der Waals surface area contributed by atoms with Crippen LogP contribution >= 0.6 is 0 Å². The van der Waals surface area contributed by atoms with Crippen LogP contribution in [-0.4, -0.2) is 0 Å². The fourth-order valence-corrected chi connectivity index (χ4v) is 11.6. The molecule has 51 heavy (non-hydrogen) atoms. The van der Waals surface area contributed by atoms with Gasteiger partial charge >= 0.3 is 0 Å². The number of benzene rings is 6. The Bertz CT molecular complexity index is 2270. The van der Waals surface area contributed by atoms with Gasteiger partial charge < -0.3 is 4.90 Å². The fraction of sp³-hybridized carbons (Fsp3) is 0.320. The second-order valence-electron chi connectivity index (χ2n) is 17.4. The average molecular weight is 664 g/mol. The van der Waals surface area contributed by atoms with Crippen LogP contribution < -0.4 is 4.90 Å². The Morgan fingerprint density at radius 1 is 0.529 bits per heavy atom. The normalized spacial score (nSPS) is 23.8. The molecule has 4 fully saturated rings. The molecule has 0 spiro atoms. The van der Waals surface area contributed by atoms with Gasteiger partial charge in [0.2, 0.25) is 0 Å². The van der Waals surface area contributed by atoms with Gasteiger partial charge in [-0.25, -0.2) is 0 Å². The first-order chi connectivity index (χ1) is 24.8. The van der Waals surface area contributed by atoms with E-state index in [0.29, 0.717) is 11.3 Å². The van der Waals surface area contributed by atoms with E-state index in [1.54, 1.807) is 5.56 Å². The van der Waals surface area contributed by atoms with Gasteiger partial charge in [0.15, 0.2) is 0 Å². The van der Waals surface area contributed by atoms with Crippen LogP contribution in [0.1, 0.15) is 94.4 Å². The lowest BCUT2D eigenvalue weighted by Crippen LogP contribution is -2.48. The summed E-state index contributed by atoms with van der Waals surface area (Å²) in [7, 11) is 0. The molecule has 6 aromatic rings. The van der Waals surface area contributed by atoms with E-state index < -0.39 is 0 Å². The van der Waals surface area contributed by atoms with Crippen molar-refractivity contribution in [3.63, 3.8) is 0 Å². The largest absolute Gasteiger partial charge is 0.310 e. The van der Waals surface area contributed by atoms with Crippen molar-refractivity contribution in [3.05, 3.63) is 150 Å². The standard InChI is InChI=1S/C50H49N/c1-32(2)41-13-7-8-14-42(41)45-26-36-11-5-6-12-37(36)27-48(45)51(40-21-22-44-43-15-9-10-16-46(43)49(3,4)47(44)28-40)39-19-17-38(18-20-39)50-29-33-23-34(30-50)25-35(24-33)31-50/h5-22,26-28,32-35H,23-25,29-31H2,1-4H3. The van der Waals surface area contributed by atoms with Crippen LogP contribution in [0.25, 0.3) is 33.0 Å². The Balaban J connectivity index is 1.18. The van der Waals surface area contributed by atoms with Crippen LogP contribution in [0.5, 0.6) is 0 Å². The minimum atomic E-state index is -0.0770. The number of anilines is 3. The molecular formula is C50H49N. The van der Waals surface area contributed by atoms with Crippen molar-refractivity contribution >= 4 is 27.8 Å². The quantitative estimate of drug-likeness (QED) is 0.171. The zero-order valence-corrected chi connectivity index (χ0v) is 30.6. The SMILES string of the molecule is CC(C)c1ccccc1-c1cc2ccccc2cc1N(c1ccc(C23CC4CC(CC(C4)C2)C3)cc1)c1ccc2c(c1)C(C)(C)c1ccccc1-2. The van der Waals surface area contributed by atoms with Gasteiger partial charge in [-0.15, -0.1) is 0 Å². The molecule has 11 rings (SSSR count). The highest BCUT2D eigenvalue weighted by Crippen LogP contribution is 2.61. The van der Waals surface area contributed by atoms with Crippen molar-refractivity contribution in [3.8, 4) is 22.3 Å². The number of hydrogen-bond acceptors (Lipinski definition) is 1. The number of fused-ring (bicyclic) bond motifs is 4. The molecule has 0 aromatic heterocycles. The molecule has 0 heterocycles. The summed E-state index contributed by atoms with van der Waals surface area (Å²) >= 11 is 0. The van der Waals surface area contributed by atoms with E-state index in [1.807, 2.05) is 0 Å². The van der Waals surface area contributed by atoms with Crippen LogP contribution in [0.3, 0.4) is 0 Å². The smallest absolute Gasteiger partial charge is 0.0546 e. The molecule has 4 bridgehead atoms. The lowest BCUT2D eigenvalue weighted by molar-refractivity contribution is -0.00518. The Morgan fingerprint density at radius 3 is 1.78 bits per heavy atom. The van der Waals surface area contributed by atoms with E-state index in [1.165, 1.54) is 105 Å². The summed E-state index contributed by atoms with van der Waals surface area (Å²) < 4.78 is 0.